The molecule has 0 atom stereocenters. The summed E-state index contributed by atoms with van der Waals surface area (Å²) in [5.41, 5.74) is 0.199. The van der Waals surface area contributed by atoms with E-state index in [0.717, 1.165) is 18.2 Å². The smallest absolute Gasteiger partial charge is 0.356 e. The Morgan fingerprint density at radius 2 is 2.12 bits per heavy atom. The van der Waals surface area contributed by atoms with E-state index >= 15 is 0 Å². The molecule has 88 valence electrons. The summed E-state index contributed by atoms with van der Waals surface area (Å²) in [5.74, 6) is -1.82. The first-order valence-electron chi connectivity index (χ1n) is 4.71. The Morgan fingerprint density at radius 3 is 2.82 bits per heavy atom. The second-order valence-electron chi connectivity index (χ2n) is 3.28. The number of methoxy groups -OCH3 is 1. The number of esters is 1. The number of halogens is 2. The number of hydrogen-bond acceptors (Lipinski definition) is 3. The molecule has 0 aliphatic heterocycles. The fourth-order valence-electron chi connectivity index (χ4n) is 1.37. The van der Waals surface area contributed by atoms with Gasteiger partial charge in [-0.1, -0.05) is 0 Å². The number of nitrogens with zero attached hydrogens (tertiary/aromatic N) is 1. The topological polar surface area (TPSA) is 55.0 Å². The highest BCUT2D eigenvalue weighted by atomic mass is 19.1. The van der Waals surface area contributed by atoms with Crippen LogP contribution in [0.25, 0.3) is 11.3 Å². The van der Waals surface area contributed by atoms with Gasteiger partial charge < -0.3 is 4.74 Å². The summed E-state index contributed by atoms with van der Waals surface area (Å²) in [5, 5.41) is 6.11. The molecule has 0 spiro atoms. The quantitative estimate of drug-likeness (QED) is 0.815. The van der Waals surface area contributed by atoms with Crippen molar-refractivity contribution in [3.05, 3.63) is 41.6 Å². The summed E-state index contributed by atoms with van der Waals surface area (Å²) in [6.07, 6.45) is 0. The van der Waals surface area contributed by atoms with Gasteiger partial charge in [-0.15, -0.1) is 0 Å². The number of aromatic nitrogens is 2. The molecule has 0 saturated carbocycles. The van der Waals surface area contributed by atoms with Crippen LogP contribution in [0.2, 0.25) is 0 Å². The van der Waals surface area contributed by atoms with Gasteiger partial charge in [0.05, 0.1) is 12.8 Å². The molecule has 1 aromatic carbocycles. The van der Waals surface area contributed by atoms with Crippen molar-refractivity contribution in [3.8, 4) is 11.3 Å². The molecule has 0 fully saturated rings. The van der Waals surface area contributed by atoms with E-state index in [1.54, 1.807) is 0 Å². The van der Waals surface area contributed by atoms with Gasteiger partial charge in [0.25, 0.3) is 0 Å². The number of ether oxygens (including phenoxy) is 1. The van der Waals surface area contributed by atoms with E-state index in [4.69, 9.17) is 0 Å². The zero-order valence-electron chi connectivity index (χ0n) is 8.83. The predicted molar refractivity (Wildman–Crippen MR) is 55.3 cm³/mol. The molecule has 17 heavy (non-hydrogen) atoms. The van der Waals surface area contributed by atoms with Crippen LogP contribution in [0.5, 0.6) is 0 Å². The molecule has 4 nitrogen and oxygen atoms in total. The van der Waals surface area contributed by atoms with Crippen LogP contribution in [0.3, 0.4) is 0 Å². The molecule has 1 N–H and O–H groups in total. The first kappa shape index (κ1) is 11.3. The Morgan fingerprint density at radius 1 is 1.35 bits per heavy atom. The highest BCUT2D eigenvalue weighted by molar-refractivity contribution is 5.88. The zero-order chi connectivity index (χ0) is 12.4. The minimum Gasteiger partial charge on any atom is -0.464 e. The summed E-state index contributed by atoms with van der Waals surface area (Å²) in [6.45, 7) is 0. The summed E-state index contributed by atoms with van der Waals surface area (Å²) in [6, 6.07) is 4.31. The third kappa shape index (κ3) is 2.15. The molecule has 1 heterocycles. The van der Waals surface area contributed by atoms with E-state index in [-0.39, 0.29) is 17.0 Å². The lowest BCUT2D eigenvalue weighted by molar-refractivity contribution is 0.0594. The highest BCUT2D eigenvalue weighted by Crippen LogP contribution is 2.22. The number of nitrogens with one attached hydrogen (secondary N) is 1. The van der Waals surface area contributed by atoms with Gasteiger partial charge in [0.2, 0.25) is 0 Å². The van der Waals surface area contributed by atoms with E-state index in [1.165, 1.54) is 13.2 Å². The SMILES string of the molecule is COC(=O)c1cc(-c2cc(F)ccc2F)n[nH]1. The molecule has 0 amide bonds. The first-order valence-corrected chi connectivity index (χ1v) is 4.71. The predicted octanol–water partition coefficient (Wildman–Crippen LogP) is 2.14. The number of carbonyl (C=O) groups is 1. The number of benzene rings is 1. The number of carbonyl (C=O) groups excluding carboxylic acids is 1. The van der Waals surface area contributed by atoms with Crippen molar-refractivity contribution in [1.82, 2.24) is 10.2 Å². The third-order valence-electron chi connectivity index (χ3n) is 2.19. The van der Waals surface area contributed by atoms with Crippen molar-refractivity contribution in [2.45, 2.75) is 0 Å². The molecule has 0 unspecified atom stereocenters. The maximum atomic E-state index is 13.4. The van der Waals surface area contributed by atoms with Crippen LogP contribution in [0, 0.1) is 11.6 Å². The van der Waals surface area contributed by atoms with Gasteiger partial charge >= 0.3 is 5.97 Å². The van der Waals surface area contributed by atoms with Crippen LogP contribution in [0.4, 0.5) is 8.78 Å². The second-order valence-corrected chi connectivity index (χ2v) is 3.28. The fourth-order valence-corrected chi connectivity index (χ4v) is 1.37. The minimum atomic E-state index is -0.624. The Balaban J connectivity index is 2.43. The van der Waals surface area contributed by atoms with Crippen molar-refractivity contribution in [3.63, 3.8) is 0 Å². The molecule has 6 heteroatoms. The molecule has 0 bridgehead atoms. The van der Waals surface area contributed by atoms with E-state index < -0.39 is 17.6 Å². The van der Waals surface area contributed by atoms with Gasteiger partial charge in [0.15, 0.2) is 0 Å². The summed E-state index contributed by atoms with van der Waals surface area (Å²) in [7, 11) is 1.21. The Kier molecular flexibility index (Phi) is 2.86. The standard InChI is InChI=1S/C11H8F2N2O2/c1-17-11(16)10-5-9(14-15-10)7-4-6(12)2-3-8(7)13/h2-5H,1H3,(H,14,15). The van der Waals surface area contributed by atoms with E-state index in [2.05, 4.69) is 14.9 Å². The number of hydrogen-bond donors (Lipinski definition) is 1. The normalized spacial score (nSPS) is 10.3. The molecular weight excluding hydrogens is 230 g/mol. The largest absolute Gasteiger partial charge is 0.464 e. The van der Waals surface area contributed by atoms with Crippen LogP contribution in [0.15, 0.2) is 24.3 Å². The Hall–Kier alpha value is -2.24. The molecule has 0 saturated heterocycles. The van der Waals surface area contributed by atoms with Crippen molar-refractivity contribution >= 4 is 5.97 Å². The summed E-state index contributed by atoms with van der Waals surface area (Å²) >= 11 is 0. The monoisotopic (exact) mass is 238 g/mol. The van der Waals surface area contributed by atoms with Gasteiger partial charge in [-0.25, -0.2) is 13.6 Å². The summed E-state index contributed by atoms with van der Waals surface area (Å²) < 4.78 is 30.8. The van der Waals surface area contributed by atoms with Crippen molar-refractivity contribution < 1.29 is 18.3 Å². The summed E-state index contributed by atoms with van der Waals surface area (Å²) in [4.78, 5) is 11.1. The Labute approximate surface area is 95.2 Å². The number of aromatic amines is 1. The maximum absolute atomic E-state index is 13.4. The van der Waals surface area contributed by atoms with Gasteiger partial charge in [0.1, 0.15) is 17.3 Å². The molecule has 0 radical (unpaired) electrons. The maximum Gasteiger partial charge on any atom is 0.356 e. The lowest BCUT2D eigenvalue weighted by Crippen LogP contribution is -2.00. The molecule has 1 aromatic heterocycles. The van der Waals surface area contributed by atoms with E-state index in [0.29, 0.717) is 0 Å². The van der Waals surface area contributed by atoms with Gasteiger partial charge in [-0.2, -0.15) is 5.10 Å². The molecule has 0 aliphatic carbocycles. The van der Waals surface area contributed by atoms with Crippen LogP contribution in [0.1, 0.15) is 10.5 Å². The van der Waals surface area contributed by atoms with Crippen LogP contribution >= 0.6 is 0 Å². The fraction of sp³-hybridized carbons (Fsp3) is 0.0909. The van der Waals surface area contributed by atoms with E-state index in [1.807, 2.05) is 0 Å². The first-order chi connectivity index (χ1) is 8.11. The molecular formula is C11H8F2N2O2. The van der Waals surface area contributed by atoms with Gasteiger partial charge in [0, 0.05) is 5.56 Å². The molecule has 2 aromatic rings. The number of H-pyrrole nitrogens is 1. The highest BCUT2D eigenvalue weighted by Gasteiger charge is 2.14. The minimum absolute atomic E-state index is 0.0172. The average Bonchev–Trinajstić information content (AvgIpc) is 2.80. The van der Waals surface area contributed by atoms with Crippen molar-refractivity contribution in [2.75, 3.05) is 7.11 Å². The number of rotatable bonds is 2. The second kappa shape index (κ2) is 4.32. The lowest BCUT2D eigenvalue weighted by atomic mass is 10.1. The van der Waals surface area contributed by atoms with Crippen molar-refractivity contribution in [1.29, 1.82) is 0 Å². The van der Waals surface area contributed by atoms with Gasteiger partial charge in [-0.05, 0) is 24.3 Å². The zero-order valence-corrected chi connectivity index (χ0v) is 8.83. The third-order valence-corrected chi connectivity index (χ3v) is 2.19. The van der Waals surface area contributed by atoms with Crippen LogP contribution < -0.4 is 0 Å². The van der Waals surface area contributed by atoms with E-state index in [9.17, 15) is 13.6 Å². The molecule has 2 rings (SSSR count). The molecule has 0 aliphatic rings. The van der Waals surface area contributed by atoms with Crippen molar-refractivity contribution in [2.24, 2.45) is 0 Å². The van der Waals surface area contributed by atoms with Crippen LogP contribution in [-0.4, -0.2) is 23.3 Å². The lowest BCUT2D eigenvalue weighted by Gasteiger charge is -1.98. The van der Waals surface area contributed by atoms with Crippen LogP contribution in [-0.2, 0) is 4.74 Å². The average molecular weight is 238 g/mol. The Bertz CT molecular complexity index is 566. The van der Waals surface area contributed by atoms with Gasteiger partial charge in [-0.3, -0.25) is 5.10 Å².